The van der Waals surface area contributed by atoms with Gasteiger partial charge in [-0.2, -0.15) is 0 Å². The Bertz CT molecular complexity index is 886. The second-order valence-corrected chi connectivity index (χ2v) is 6.65. The van der Waals surface area contributed by atoms with Gasteiger partial charge in [-0.05, 0) is 61.4 Å². The van der Waals surface area contributed by atoms with Crippen LogP contribution in [0.15, 0.2) is 42.5 Å². The maximum atomic E-state index is 11.8. The standard InChI is InChI=1S/C21H23ClN2O6/c1-3-10-28-21(27)15-4-6-16(7-5-15)29-12-19(25)23-24-20(26)13-30-17-8-9-18(22)14(2)11-17/h4-9,11H,3,10,12-13H2,1-2H3,(H,23,25)(H,24,26). The lowest BCUT2D eigenvalue weighted by Gasteiger charge is -2.10. The van der Waals surface area contributed by atoms with Crippen LogP contribution in [0.3, 0.4) is 0 Å². The highest BCUT2D eigenvalue weighted by Crippen LogP contribution is 2.20. The van der Waals surface area contributed by atoms with Gasteiger partial charge in [-0.15, -0.1) is 0 Å². The summed E-state index contributed by atoms with van der Waals surface area (Å²) in [5.41, 5.74) is 5.67. The van der Waals surface area contributed by atoms with Crippen LogP contribution < -0.4 is 20.3 Å². The van der Waals surface area contributed by atoms with Crippen LogP contribution in [0.5, 0.6) is 11.5 Å². The summed E-state index contributed by atoms with van der Waals surface area (Å²) in [6, 6.07) is 11.2. The Morgan fingerprint density at radius 2 is 1.47 bits per heavy atom. The van der Waals surface area contributed by atoms with Crippen LogP contribution in [0.4, 0.5) is 0 Å². The van der Waals surface area contributed by atoms with Crippen molar-refractivity contribution in [2.75, 3.05) is 19.8 Å². The molecule has 0 saturated heterocycles. The van der Waals surface area contributed by atoms with Crippen LogP contribution in [0.2, 0.25) is 5.02 Å². The summed E-state index contributed by atoms with van der Waals surface area (Å²) in [4.78, 5) is 35.3. The fourth-order valence-electron chi connectivity index (χ4n) is 2.18. The molecule has 160 valence electrons. The van der Waals surface area contributed by atoms with Crippen LogP contribution in [0.25, 0.3) is 0 Å². The third kappa shape index (κ3) is 7.63. The molecule has 30 heavy (non-hydrogen) atoms. The molecule has 2 N–H and O–H groups in total. The van der Waals surface area contributed by atoms with Crippen LogP contribution in [0.1, 0.15) is 29.3 Å². The number of hydrogen-bond donors (Lipinski definition) is 2. The molecule has 2 aromatic rings. The molecule has 2 aromatic carbocycles. The van der Waals surface area contributed by atoms with Gasteiger partial charge >= 0.3 is 5.97 Å². The predicted octanol–water partition coefficient (Wildman–Crippen LogP) is 2.82. The Balaban J connectivity index is 1.68. The first kappa shape index (κ1) is 23.0. The average Bonchev–Trinajstić information content (AvgIpc) is 2.75. The molecule has 8 nitrogen and oxygen atoms in total. The highest BCUT2D eigenvalue weighted by atomic mass is 35.5. The van der Waals surface area contributed by atoms with Gasteiger partial charge < -0.3 is 14.2 Å². The Labute approximate surface area is 179 Å². The van der Waals surface area contributed by atoms with E-state index in [0.29, 0.717) is 28.7 Å². The van der Waals surface area contributed by atoms with E-state index in [2.05, 4.69) is 10.9 Å². The predicted molar refractivity (Wildman–Crippen MR) is 110 cm³/mol. The number of carbonyl (C=O) groups is 3. The molecule has 2 amide bonds. The molecule has 0 radical (unpaired) electrons. The smallest absolute Gasteiger partial charge is 0.338 e. The highest BCUT2D eigenvalue weighted by Gasteiger charge is 2.09. The molecule has 0 atom stereocenters. The monoisotopic (exact) mass is 434 g/mol. The topological polar surface area (TPSA) is 103 Å². The van der Waals surface area contributed by atoms with Gasteiger partial charge in [0, 0.05) is 5.02 Å². The summed E-state index contributed by atoms with van der Waals surface area (Å²) in [6.45, 7) is 3.48. The molecule has 0 fully saturated rings. The minimum atomic E-state index is -0.558. The van der Waals surface area contributed by atoms with E-state index in [4.69, 9.17) is 25.8 Å². The van der Waals surface area contributed by atoms with Crippen molar-refractivity contribution in [2.24, 2.45) is 0 Å². The SMILES string of the molecule is CCCOC(=O)c1ccc(OCC(=O)NNC(=O)COc2ccc(Cl)c(C)c2)cc1. The van der Waals surface area contributed by atoms with Crippen molar-refractivity contribution in [1.82, 2.24) is 10.9 Å². The maximum absolute atomic E-state index is 11.8. The number of ether oxygens (including phenoxy) is 3. The molecule has 0 bridgehead atoms. The zero-order valence-electron chi connectivity index (χ0n) is 16.7. The first-order valence-corrected chi connectivity index (χ1v) is 9.63. The number of rotatable bonds is 9. The van der Waals surface area contributed by atoms with E-state index in [1.807, 2.05) is 13.8 Å². The lowest BCUT2D eigenvalue weighted by molar-refractivity contribution is -0.131. The quantitative estimate of drug-likeness (QED) is 0.464. The normalized spacial score (nSPS) is 10.1. The minimum absolute atomic E-state index is 0.280. The van der Waals surface area contributed by atoms with Gasteiger partial charge in [0.05, 0.1) is 12.2 Å². The van der Waals surface area contributed by atoms with E-state index in [9.17, 15) is 14.4 Å². The van der Waals surface area contributed by atoms with Crippen LogP contribution in [0, 0.1) is 6.92 Å². The van der Waals surface area contributed by atoms with Crippen LogP contribution in [-0.2, 0) is 14.3 Å². The van der Waals surface area contributed by atoms with Crippen LogP contribution >= 0.6 is 11.6 Å². The maximum Gasteiger partial charge on any atom is 0.338 e. The molecule has 0 saturated carbocycles. The molecule has 9 heteroatoms. The minimum Gasteiger partial charge on any atom is -0.484 e. The molecule has 0 aromatic heterocycles. The first-order chi connectivity index (χ1) is 14.4. The van der Waals surface area contributed by atoms with Crippen molar-refractivity contribution in [1.29, 1.82) is 0 Å². The summed E-state index contributed by atoms with van der Waals surface area (Å²) >= 11 is 5.93. The van der Waals surface area contributed by atoms with E-state index >= 15 is 0 Å². The number of aryl methyl sites for hydroxylation is 1. The van der Waals surface area contributed by atoms with Crippen molar-refractivity contribution in [3.63, 3.8) is 0 Å². The van der Waals surface area contributed by atoms with Gasteiger partial charge in [0.25, 0.3) is 11.8 Å². The van der Waals surface area contributed by atoms with Crippen LogP contribution in [-0.4, -0.2) is 37.6 Å². The summed E-state index contributed by atoms with van der Waals surface area (Å²) in [5.74, 6) is -0.628. The average molecular weight is 435 g/mol. The summed E-state index contributed by atoms with van der Waals surface area (Å²) in [5, 5.41) is 0.602. The van der Waals surface area contributed by atoms with E-state index in [1.54, 1.807) is 42.5 Å². The molecule has 0 unspecified atom stereocenters. The molecular formula is C21H23ClN2O6. The van der Waals surface area contributed by atoms with Gasteiger partial charge in [-0.25, -0.2) is 4.79 Å². The Kier molecular flexibility index (Phi) is 8.96. The number of carbonyl (C=O) groups excluding carboxylic acids is 3. The second kappa shape index (κ2) is 11.7. The molecule has 0 spiro atoms. The van der Waals surface area contributed by atoms with E-state index in [-0.39, 0.29) is 13.2 Å². The van der Waals surface area contributed by atoms with E-state index in [0.717, 1.165) is 12.0 Å². The van der Waals surface area contributed by atoms with E-state index < -0.39 is 17.8 Å². The second-order valence-electron chi connectivity index (χ2n) is 6.24. The Morgan fingerprint density at radius 3 is 2.03 bits per heavy atom. The number of amides is 2. The fourth-order valence-corrected chi connectivity index (χ4v) is 2.30. The van der Waals surface area contributed by atoms with Gasteiger partial charge in [-0.1, -0.05) is 18.5 Å². The number of hydrazine groups is 1. The van der Waals surface area contributed by atoms with Gasteiger partial charge in [0.2, 0.25) is 0 Å². The number of benzene rings is 2. The van der Waals surface area contributed by atoms with Gasteiger partial charge in [0.1, 0.15) is 11.5 Å². The Morgan fingerprint density at radius 1 is 0.900 bits per heavy atom. The summed E-state index contributed by atoms with van der Waals surface area (Å²) in [6.07, 6.45) is 0.742. The lowest BCUT2D eigenvalue weighted by Crippen LogP contribution is -2.45. The largest absolute Gasteiger partial charge is 0.484 e. The van der Waals surface area contributed by atoms with Crippen molar-refractivity contribution in [2.45, 2.75) is 20.3 Å². The molecule has 0 aliphatic rings. The molecular weight excluding hydrogens is 412 g/mol. The Hall–Kier alpha value is -3.26. The zero-order valence-corrected chi connectivity index (χ0v) is 17.5. The fraction of sp³-hybridized carbons (Fsp3) is 0.286. The van der Waals surface area contributed by atoms with E-state index in [1.165, 1.54) is 0 Å². The summed E-state index contributed by atoms with van der Waals surface area (Å²) in [7, 11) is 0. The van der Waals surface area contributed by atoms with Crippen molar-refractivity contribution < 1.29 is 28.6 Å². The molecule has 2 rings (SSSR count). The molecule has 0 aliphatic carbocycles. The van der Waals surface area contributed by atoms with Gasteiger partial charge in [0.15, 0.2) is 13.2 Å². The van der Waals surface area contributed by atoms with Crippen molar-refractivity contribution >= 4 is 29.4 Å². The highest BCUT2D eigenvalue weighted by molar-refractivity contribution is 6.31. The first-order valence-electron chi connectivity index (χ1n) is 9.25. The lowest BCUT2D eigenvalue weighted by atomic mass is 10.2. The number of hydrogen-bond acceptors (Lipinski definition) is 6. The third-order valence-corrected chi connectivity index (χ3v) is 4.16. The van der Waals surface area contributed by atoms with Gasteiger partial charge in [-0.3, -0.25) is 20.4 Å². The van der Waals surface area contributed by atoms with Crippen molar-refractivity contribution in [3.8, 4) is 11.5 Å². The molecule has 0 aliphatic heterocycles. The zero-order chi connectivity index (χ0) is 21.9. The number of halogens is 1. The number of esters is 1. The number of nitrogens with one attached hydrogen (secondary N) is 2. The molecule has 0 heterocycles. The third-order valence-electron chi connectivity index (χ3n) is 3.74. The van der Waals surface area contributed by atoms with Crippen molar-refractivity contribution in [3.05, 3.63) is 58.6 Å². The summed E-state index contributed by atoms with van der Waals surface area (Å²) < 4.78 is 15.7.